The van der Waals surface area contributed by atoms with Crippen molar-refractivity contribution < 1.29 is 14.6 Å². The first kappa shape index (κ1) is 15.3. The molecule has 0 heterocycles. The van der Waals surface area contributed by atoms with E-state index < -0.39 is 5.92 Å². The van der Waals surface area contributed by atoms with E-state index in [0.717, 1.165) is 0 Å². The highest BCUT2D eigenvalue weighted by Crippen LogP contribution is 2.08. The Hall–Kier alpha value is -0.720. The van der Waals surface area contributed by atoms with E-state index in [9.17, 15) is 4.79 Å². The summed E-state index contributed by atoms with van der Waals surface area (Å²) in [4.78, 5) is 13.7. The lowest BCUT2D eigenvalue weighted by atomic mass is 10.1. The maximum Gasteiger partial charge on any atom is 0.232 e. The van der Waals surface area contributed by atoms with E-state index in [1.807, 2.05) is 6.92 Å². The first-order valence-electron chi connectivity index (χ1n) is 5.26. The van der Waals surface area contributed by atoms with Crippen LogP contribution < -0.4 is 5.73 Å². The molecule has 1 amide bonds. The van der Waals surface area contributed by atoms with Gasteiger partial charge in [-0.1, -0.05) is 19.1 Å². The van der Waals surface area contributed by atoms with E-state index in [0.29, 0.717) is 19.6 Å². The molecule has 0 aliphatic heterocycles. The number of aliphatic hydroxyl groups is 1. The number of thiocarbonyl (C=S) groups is 1. The highest BCUT2D eigenvalue weighted by atomic mass is 32.1. The van der Waals surface area contributed by atoms with Crippen LogP contribution >= 0.6 is 12.2 Å². The normalized spacial score (nSPS) is 12.2. The number of carbonyl (C=O) groups is 1. The van der Waals surface area contributed by atoms with Crippen molar-refractivity contribution in [1.29, 1.82) is 0 Å². The Kier molecular flexibility index (Phi) is 8.05. The molecule has 6 heteroatoms. The van der Waals surface area contributed by atoms with Gasteiger partial charge < -0.3 is 20.5 Å². The van der Waals surface area contributed by atoms with E-state index in [1.165, 1.54) is 4.90 Å². The van der Waals surface area contributed by atoms with Crippen LogP contribution in [0, 0.1) is 5.92 Å². The van der Waals surface area contributed by atoms with Gasteiger partial charge in [0.05, 0.1) is 24.1 Å². The molecular formula is C10H20N2O3S. The average molecular weight is 248 g/mol. The Balaban J connectivity index is 4.50. The fraction of sp³-hybridized carbons (Fsp3) is 0.800. The minimum Gasteiger partial charge on any atom is -0.395 e. The molecule has 0 saturated heterocycles. The minimum absolute atomic E-state index is 0.0801. The summed E-state index contributed by atoms with van der Waals surface area (Å²) in [5.74, 6) is -0.584. The zero-order chi connectivity index (χ0) is 12.6. The third kappa shape index (κ3) is 4.87. The summed E-state index contributed by atoms with van der Waals surface area (Å²) in [6, 6.07) is 0. The van der Waals surface area contributed by atoms with Gasteiger partial charge in [0.15, 0.2) is 0 Å². The van der Waals surface area contributed by atoms with Gasteiger partial charge in [-0.2, -0.15) is 0 Å². The molecule has 0 saturated carbocycles. The average Bonchev–Trinajstić information content (AvgIpc) is 2.24. The Morgan fingerprint density at radius 2 is 2.19 bits per heavy atom. The molecule has 0 fully saturated rings. The van der Waals surface area contributed by atoms with Crippen LogP contribution in [0.4, 0.5) is 0 Å². The maximum atomic E-state index is 12.0. The fourth-order valence-electron chi connectivity index (χ4n) is 1.37. The SMILES string of the molecule is CCC(C(=O)N(CCO)CCOC)C(N)=S. The van der Waals surface area contributed by atoms with Crippen LogP contribution in [0.3, 0.4) is 0 Å². The lowest BCUT2D eigenvalue weighted by molar-refractivity contribution is -0.134. The molecule has 0 aromatic heterocycles. The molecule has 16 heavy (non-hydrogen) atoms. The number of nitrogens with zero attached hydrogens (tertiary/aromatic N) is 1. The van der Waals surface area contributed by atoms with Crippen molar-refractivity contribution in [3.05, 3.63) is 0 Å². The number of ether oxygens (including phenoxy) is 1. The van der Waals surface area contributed by atoms with Crippen LogP contribution in [0.2, 0.25) is 0 Å². The number of rotatable bonds is 8. The van der Waals surface area contributed by atoms with Gasteiger partial charge in [0, 0.05) is 20.2 Å². The minimum atomic E-state index is -0.446. The van der Waals surface area contributed by atoms with Crippen LogP contribution in [-0.2, 0) is 9.53 Å². The van der Waals surface area contributed by atoms with Crippen molar-refractivity contribution >= 4 is 23.1 Å². The van der Waals surface area contributed by atoms with Crippen LogP contribution in [0.15, 0.2) is 0 Å². The molecule has 94 valence electrons. The third-order valence-corrected chi connectivity index (χ3v) is 2.58. The molecule has 0 aromatic carbocycles. The Bertz CT molecular complexity index is 236. The highest BCUT2D eigenvalue weighted by molar-refractivity contribution is 7.80. The first-order valence-corrected chi connectivity index (χ1v) is 5.67. The summed E-state index contributed by atoms with van der Waals surface area (Å²) in [6.07, 6.45) is 0.572. The number of hydrogen-bond acceptors (Lipinski definition) is 4. The lowest BCUT2D eigenvalue weighted by Crippen LogP contribution is -2.43. The molecule has 0 radical (unpaired) electrons. The predicted octanol–water partition coefficient (Wildman–Crippen LogP) is -0.234. The Morgan fingerprint density at radius 1 is 1.56 bits per heavy atom. The van der Waals surface area contributed by atoms with Gasteiger partial charge in [-0.25, -0.2) is 0 Å². The van der Waals surface area contributed by atoms with Gasteiger partial charge in [-0.3, -0.25) is 4.79 Å². The van der Waals surface area contributed by atoms with Gasteiger partial charge >= 0.3 is 0 Å². The quantitative estimate of drug-likeness (QED) is 0.580. The topological polar surface area (TPSA) is 75.8 Å². The summed E-state index contributed by atoms with van der Waals surface area (Å²) in [5.41, 5.74) is 5.50. The monoisotopic (exact) mass is 248 g/mol. The summed E-state index contributed by atoms with van der Waals surface area (Å²) in [6.45, 7) is 2.92. The van der Waals surface area contributed by atoms with E-state index in [2.05, 4.69) is 0 Å². The molecule has 0 aromatic rings. The van der Waals surface area contributed by atoms with Crippen molar-refractivity contribution in [3.8, 4) is 0 Å². The number of nitrogens with two attached hydrogens (primary N) is 1. The standard InChI is InChI=1S/C10H20N2O3S/c1-3-8(9(11)16)10(14)12(4-6-13)5-7-15-2/h8,13H,3-7H2,1-2H3,(H2,11,16). The Labute approximate surface area is 102 Å². The zero-order valence-electron chi connectivity index (χ0n) is 9.81. The van der Waals surface area contributed by atoms with E-state index in [1.54, 1.807) is 7.11 Å². The molecule has 0 spiro atoms. The summed E-state index contributed by atoms with van der Waals surface area (Å²) < 4.78 is 4.90. The van der Waals surface area contributed by atoms with E-state index >= 15 is 0 Å². The van der Waals surface area contributed by atoms with Crippen molar-refractivity contribution in [1.82, 2.24) is 4.90 Å². The largest absolute Gasteiger partial charge is 0.395 e. The van der Waals surface area contributed by atoms with Crippen molar-refractivity contribution in [2.45, 2.75) is 13.3 Å². The molecule has 5 nitrogen and oxygen atoms in total. The van der Waals surface area contributed by atoms with Crippen LogP contribution in [0.5, 0.6) is 0 Å². The molecule has 3 N–H and O–H groups in total. The van der Waals surface area contributed by atoms with Gasteiger partial charge in [0.25, 0.3) is 0 Å². The summed E-state index contributed by atoms with van der Waals surface area (Å²) >= 11 is 4.84. The van der Waals surface area contributed by atoms with Crippen LogP contribution in [-0.4, -0.2) is 54.3 Å². The number of amides is 1. The predicted molar refractivity (Wildman–Crippen MR) is 66.1 cm³/mol. The lowest BCUT2D eigenvalue weighted by Gasteiger charge is -2.25. The van der Waals surface area contributed by atoms with Gasteiger partial charge in [-0.15, -0.1) is 0 Å². The maximum absolute atomic E-state index is 12.0. The van der Waals surface area contributed by atoms with Gasteiger partial charge in [0.2, 0.25) is 5.91 Å². The molecule has 0 rings (SSSR count). The van der Waals surface area contributed by atoms with Crippen LogP contribution in [0.1, 0.15) is 13.3 Å². The molecular weight excluding hydrogens is 228 g/mol. The second-order valence-corrected chi connectivity index (χ2v) is 3.88. The van der Waals surface area contributed by atoms with Crippen LogP contribution in [0.25, 0.3) is 0 Å². The van der Waals surface area contributed by atoms with E-state index in [-0.39, 0.29) is 24.0 Å². The number of aliphatic hydroxyl groups excluding tert-OH is 1. The summed E-state index contributed by atoms with van der Waals surface area (Å²) in [7, 11) is 1.56. The van der Waals surface area contributed by atoms with Crippen molar-refractivity contribution in [2.75, 3.05) is 33.4 Å². The zero-order valence-corrected chi connectivity index (χ0v) is 10.6. The van der Waals surface area contributed by atoms with Crippen molar-refractivity contribution in [2.24, 2.45) is 11.7 Å². The van der Waals surface area contributed by atoms with Gasteiger partial charge in [0.1, 0.15) is 0 Å². The number of methoxy groups -OCH3 is 1. The second kappa shape index (κ2) is 8.43. The third-order valence-electron chi connectivity index (χ3n) is 2.30. The molecule has 0 bridgehead atoms. The van der Waals surface area contributed by atoms with Gasteiger partial charge in [-0.05, 0) is 6.42 Å². The molecule has 1 unspecified atom stereocenters. The summed E-state index contributed by atoms with van der Waals surface area (Å²) in [5, 5.41) is 8.88. The highest BCUT2D eigenvalue weighted by Gasteiger charge is 2.24. The second-order valence-electron chi connectivity index (χ2n) is 3.40. The first-order chi connectivity index (χ1) is 7.58. The van der Waals surface area contributed by atoms with E-state index in [4.69, 9.17) is 27.8 Å². The Morgan fingerprint density at radius 3 is 2.56 bits per heavy atom. The molecule has 1 atom stereocenters. The fourth-order valence-corrected chi connectivity index (χ4v) is 1.64. The molecule has 0 aliphatic carbocycles. The van der Waals surface area contributed by atoms with Crippen molar-refractivity contribution in [3.63, 3.8) is 0 Å². The number of hydrogen-bond donors (Lipinski definition) is 2. The molecule has 0 aliphatic rings. The number of carbonyl (C=O) groups excluding carboxylic acids is 1. The smallest absolute Gasteiger partial charge is 0.232 e.